The fourth-order valence-corrected chi connectivity index (χ4v) is 4.81. The molecule has 6 nitrogen and oxygen atoms in total. The van der Waals surface area contributed by atoms with E-state index in [1.54, 1.807) is 28.9 Å². The van der Waals surface area contributed by atoms with E-state index in [1.165, 1.54) is 25.5 Å². The topological polar surface area (TPSA) is 54.0 Å². The number of hydrogen-bond acceptors (Lipinski definition) is 5. The molecule has 2 fully saturated rings. The van der Waals surface area contributed by atoms with E-state index >= 15 is 0 Å². The summed E-state index contributed by atoms with van der Waals surface area (Å²) in [5.74, 6) is -0.430. The van der Waals surface area contributed by atoms with E-state index < -0.39 is 11.4 Å². The van der Waals surface area contributed by atoms with Gasteiger partial charge in [0.1, 0.15) is 5.58 Å². The second-order valence-electron chi connectivity index (χ2n) is 8.16. The predicted molar refractivity (Wildman–Crippen MR) is 113 cm³/mol. The number of nitrogens with zero attached hydrogens (tertiary/aromatic N) is 4. The van der Waals surface area contributed by atoms with E-state index in [1.807, 2.05) is 12.1 Å². The minimum Gasteiger partial charge on any atom is -0.422 e. The molecule has 0 amide bonds. The van der Waals surface area contributed by atoms with Crippen molar-refractivity contribution in [1.82, 2.24) is 14.3 Å². The Labute approximate surface area is 172 Å². The maximum Gasteiger partial charge on any atom is 0.345 e. The predicted octanol–water partition coefficient (Wildman–Crippen LogP) is 3.53. The molecule has 30 heavy (non-hydrogen) atoms. The number of rotatable bonds is 2. The maximum absolute atomic E-state index is 14.0. The van der Waals surface area contributed by atoms with Gasteiger partial charge < -0.3 is 13.7 Å². The molecule has 1 atom stereocenters. The first-order chi connectivity index (χ1) is 14.7. The van der Waals surface area contributed by atoms with Crippen molar-refractivity contribution in [2.75, 3.05) is 31.1 Å². The van der Waals surface area contributed by atoms with Crippen molar-refractivity contribution >= 4 is 22.3 Å². The van der Waals surface area contributed by atoms with Crippen LogP contribution in [0.4, 0.5) is 10.1 Å². The Morgan fingerprint density at radius 2 is 2.07 bits per heavy atom. The summed E-state index contributed by atoms with van der Waals surface area (Å²) >= 11 is 0. The monoisotopic (exact) mass is 404 g/mol. The Balaban J connectivity index is 1.37. The Kier molecular flexibility index (Phi) is 3.92. The van der Waals surface area contributed by atoms with Gasteiger partial charge >= 0.3 is 5.63 Å². The highest BCUT2D eigenvalue weighted by atomic mass is 19.1. The Hall–Kier alpha value is -3.19. The smallest absolute Gasteiger partial charge is 0.345 e. The molecule has 1 unspecified atom stereocenters. The van der Waals surface area contributed by atoms with Crippen molar-refractivity contribution in [1.29, 1.82) is 0 Å². The normalized spacial score (nSPS) is 19.6. The van der Waals surface area contributed by atoms with Crippen LogP contribution in [0.2, 0.25) is 0 Å². The SMILES string of the molecule is O=c1oc2cc(N3CCN4CCCC4C3)ccc2cc1-c1cn2cccc(F)c2n1. The largest absolute Gasteiger partial charge is 0.422 e. The first-order valence-corrected chi connectivity index (χ1v) is 10.4. The number of fused-ring (bicyclic) bond motifs is 3. The lowest BCUT2D eigenvalue weighted by molar-refractivity contribution is 0.231. The lowest BCUT2D eigenvalue weighted by Crippen LogP contribution is -2.50. The van der Waals surface area contributed by atoms with Crippen molar-refractivity contribution < 1.29 is 8.81 Å². The van der Waals surface area contributed by atoms with Crippen LogP contribution in [0.15, 0.2) is 58.0 Å². The van der Waals surface area contributed by atoms with Crippen LogP contribution in [0, 0.1) is 5.82 Å². The second kappa shape index (κ2) is 6.67. The molecule has 0 N–H and O–H groups in total. The molecule has 5 heterocycles. The molecule has 4 aromatic rings. The fourth-order valence-electron chi connectivity index (χ4n) is 4.81. The van der Waals surface area contributed by atoms with Crippen LogP contribution < -0.4 is 10.5 Å². The average Bonchev–Trinajstić information content (AvgIpc) is 3.40. The molecule has 3 aromatic heterocycles. The van der Waals surface area contributed by atoms with Gasteiger partial charge in [-0.1, -0.05) is 0 Å². The van der Waals surface area contributed by atoms with Crippen LogP contribution in [0.5, 0.6) is 0 Å². The third-order valence-corrected chi connectivity index (χ3v) is 6.38. The Morgan fingerprint density at radius 3 is 2.97 bits per heavy atom. The number of imidazole rings is 1. The van der Waals surface area contributed by atoms with E-state index in [0.29, 0.717) is 22.9 Å². The molecule has 0 aliphatic carbocycles. The molecule has 152 valence electrons. The molecule has 0 spiro atoms. The zero-order valence-electron chi connectivity index (χ0n) is 16.4. The number of benzene rings is 1. The van der Waals surface area contributed by atoms with Crippen LogP contribution in [-0.2, 0) is 0 Å². The summed E-state index contributed by atoms with van der Waals surface area (Å²) in [6.45, 7) is 4.29. The van der Waals surface area contributed by atoms with Crippen molar-refractivity contribution in [2.45, 2.75) is 18.9 Å². The standard InChI is InChI=1S/C23H21FN4O2/c24-19-4-2-8-28-14-20(25-22(19)28)18-11-15-5-6-16(12-21(15)30-23(18)29)27-10-9-26-7-1-3-17(26)13-27/h2,4-6,8,11-12,14,17H,1,3,7,9-10,13H2. The summed E-state index contributed by atoms with van der Waals surface area (Å²) in [5.41, 5.74) is 2.09. The molecule has 0 saturated carbocycles. The van der Waals surface area contributed by atoms with Crippen LogP contribution in [0.3, 0.4) is 0 Å². The molecule has 0 radical (unpaired) electrons. The molecule has 6 rings (SSSR count). The van der Waals surface area contributed by atoms with Crippen molar-refractivity contribution in [2.24, 2.45) is 0 Å². The molecular formula is C23H21FN4O2. The highest BCUT2D eigenvalue weighted by molar-refractivity contribution is 5.84. The number of aromatic nitrogens is 2. The van der Waals surface area contributed by atoms with E-state index in [9.17, 15) is 9.18 Å². The quantitative estimate of drug-likeness (QED) is 0.479. The summed E-state index contributed by atoms with van der Waals surface area (Å²) in [6.07, 6.45) is 5.88. The molecule has 2 aliphatic rings. The van der Waals surface area contributed by atoms with Crippen molar-refractivity contribution in [3.05, 3.63) is 65.0 Å². The van der Waals surface area contributed by atoms with Gasteiger partial charge in [0, 0.05) is 55.2 Å². The van der Waals surface area contributed by atoms with Gasteiger partial charge in [-0.15, -0.1) is 0 Å². The molecule has 7 heteroatoms. The van der Waals surface area contributed by atoms with Gasteiger partial charge in [-0.25, -0.2) is 14.2 Å². The van der Waals surface area contributed by atoms with Crippen molar-refractivity contribution in [3.8, 4) is 11.3 Å². The summed E-state index contributed by atoms with van der Waals surface area (Å²) in [7, 11) is 0. The molecule has 1 aromatic carbocycles. The lowest BCUT2D eigenvalue weighted by Gasteiger charge is -2.38. The third kappa shape index (κ3) is 2.81. The van der Waals surface area contributed by atoms with Gasteiger partial charge in [0.25, 0.3) is 0 Å². The van der Waals surface area contributed by atoms with E-state index in [4.69, 9.17) is 4.42 Å². The van der Waals surface area contributed by atoms with Crippen LogP contribution in [0.25, 0.3) is 27.9 Å². The zero-order chi connectivity index (χ0) is 20.2. The van der Waals surface area contributed by atoms with Gasteiger partial charge in [-0.3, -0.25) is 4.90 Å². The summed E-state index contributed by atoms with van der Waals surface area (Å²) in [5, 5.41) is 0.824. The van der Waals surface area contributed by atoms with E-state index in [2.05, 4.69) is 20.9 Å². The number of hydrogen-bond donors (Lipinski definition) is 0. The molecule has 0 bridgehead atoms. The van der Waals surface area contributed by atoms with E-state index in [0.717, 1.165) is 30.7 Å². The van der Waals surface area contributed by atoms with Gasteiger partial charge in [-0.2, -0.15) is 0 Å². The first-order valence-electron chi connectivity index (χ1n) is 10.4. The van der Waals surface area contributed by atoms with Gasteiger partial charge in [-0.05, 0) is 49.7 Å². The van der Waals surface area contributed by atoms with Gasteiger partial charge in [0.2, 0.25) is 0 Å². The fraction of sp³-hybridized carbons (Fsp3) is 0.304. The molecule has 2 saturated heterocycles. The second-order valence-corrected chi connectivity index (χ2v) is 8.16. The number of anilines is 1. The summed E-state index contributed by atoms with van der Waals surface area (Å²) in [6, 6.07) is 11.4. The minimum absolute atomic E-state index is 0.188. The average molecular weight is 404 g/mol. The minimum atomic E-state index is -0.468. The van der Waals surface area contributed by atoms with Crippen LogP contribution >= 0.6 is 0 Å². The third-order valence-electron chi connectivity index (χ3n) is 6.38. The lowest BCUT2D eigenvalue weighted by atomic mass is 10.1. The maximum atomic E-state index is 14.0. The highest BCUT2D eigenvalue weighted by Crippen LogP contribution is 2.29. The van der Waals surface area contributed by atoms with Crippen LogP contribution in [0.1, 0.15) is 12.8 Å². The first kappa shape index (κ1) is 17.7. The molecular weight excluding hydrogens is 383 g/mol. The van der Waals surface area contributed by atoms with Gasteiger partial charge in [0.15, 0.2) is 11.5 Å². The highest BCUT2D eigenvalue weighted by Gasteiger charge is 2.30. The van der Waals surface area contributed by atoms with E-state index in [-0.39, 0.29) is 5.65 Å². The summed E-state index contributed by atoms with van der Waals surface area (Å²) in [4.78, 5) is 21.9. The van der Waals surface area contributed by atoms with Gasteiger partial charge in [0.05, 0.1) is 11.3 Å². The Bertz CT molecular complexity index is 1330. The number of pyridine rings is 1. The zero-order valence-corrected chi connectivity index (χ0v) is 16.4. The van der Waals surface area contributed by atoms with Crippen molar-refractivity contribution in [3.63, 3.8) is 0 Å². The Morgan fingerprint density at radius 1 is 1.13 bits per heavy atom. The number of piperazine rings is 1. The van der Waals surface area contributed by atoms with Crippen LogP contribution in [-0.4, -0.2) is 46.5 Å². The summed E-state index contributed by atoms with van der Waals surface area (Å²) < 4.78 is 21.2. The number of halogens is 1. The molecule has 2 aliphatic heterocycles.